The molecule has 0 aromatic heterocycles. The van der Waals surface area contributed by atoms with Crippen molar-refractivity contribution < 1.29 is 8.42 Å². The Hall–Kier alpha value is -1.36. The van der Waals surface area contributed by atoms with Crippen LogP contribution in [0.2, 0.25) is 5.02 Å². The molecule has 0 bridgehead atoms. The van der Waals surface area contributed by atoms with Crippen LogP contribution in [0.3, 0.4) is 0 Å². The van der Waals surface area contributed by atoms with E-state index in [2.05, 4.69) is 4.72 Å². The summed E-state index contributed by atoms with van der Waals surface area (Å²) in [7, 11) is -3.47. The molecule has 0 amide bonds. The van der Waals surface area contributed by atoms with E-state index in [0.717, 1.165) is 16.7 Å². The first kappa shape index (κ1) is 17.0. The second-order valence-corrected chi connectivity index (χ2v) is 7.71. The van der Waals surface area contributed by atoms with Gasteiger partial charge in [0.1, 0.15) is 0 Å². The van der Waals surface area contributed by atoms with Gasteiger partial charge in [-0.2, -0.15) is 0 Å². The van der Waals surface area contributed by atoms with Crippen LogP contribution in [0, 0.1) is 13.8 Å². The van der Waals surface area contributed by atoms with Crippen LogP contribution in [0.15, 0.2) is 42.5 Å². The summed E-state index contributed by atoms with van der Waals surface area (Å²) in [6.07, 6.45) is 0. The SMILES string of the molecule is Cc1ccc([C@H](C)NS(=O)(=O)Cc2ccccc2Cl)c(C)c1. The van der Waals surface area contributed by atoms with E-state index in [4.69, 9.17) is 11.6 Å². The van der Waals surface area contributed by atoms with Crippen LogP contribution in [0.5, 0.6) is 0 Å². The third kappa shape index (κ3) is 4.32. The second kappa shape index (κ2) is 6.82. The van der Waals surface area contributed by atoms with E-state index in [1.807, 2.05) is 39.0 Å². The minimum atomic E-state index is -3.47. The molecular formula is C17H20ClNO2S. The molecule has 0 heterocycles. The Labute approximate surface area is 137 Å². The largest absolute Gasteiger partial charge is 0.216 e. The van der Waals surface area contributed by atoms with Crippen molar-refractivity contribution in [2.45, 2.75) is 32.6 Å². The number of hydrogen-bond donors (Lipinski definition) is 1. The van der Waals surface area contributed by atoms with Gasteiger partial charge in [0.05, 0.1) is 5.75 Å². The Morgan fingerprint density at radius 2 is 1.82 bits per heavy atom. The van der Waals surface area contributed by atoms with Gasteiger partial charge in [0.2, 0.25) is 10.0 Å². The number of hydrogen-bond acceptors (Lipinski definition) is 2. The van der Waals surface area contributed by atoms with Crippen LogP contribution in [-0.2, 0) is 15.8 Å². The monoisotopic (exact) mass is 337 g/mol. The Morgan fingerprint density at radius 3 is 2.45 bits per heavy atom. The lowest BCUT2D eigenvalue weighted by molar-refractivity contribution is 0.565. The first-order valence-corrected chi connectivity index (χ1v) is 9.12. The van der Waals surface area contributed by atoms with Crippen LogP contribution in [0.1, 0.15) is 35.2 Å². The van der Waals surface area contributed by atoms with Crippen molar-refractivity contribution in [2.24, 2.45) is 0 Å². The van der Waals surface area contributed by atoms with Crippen molar-refractivity contribution in [1.29, 1.82) is 0 Å². The molecule has 0 aliphatic rings. The fourth-order valence-electron chi connectivity index (χ4n) is 2.51. The molecule has 2 aromatic carbocycles. The number of aryl methyl sites for hydroxylation is 2. The minimum Gasteiger partial charge on any atom is -0.212 e. The number of rotatable bonds is 5. The van der Waals surface area contributed by atoms with Crippen molar-refractivity contribution in [3.8, 4) is 0 Å². The summed E-state index contributed by atoms with van der Waals surface area (Å²) in [4.78, 5) is 0. The molecule has 1 atom stereocenters. The van der Waals surface area contributed by atoms with Crippen molar-refractivity contribution in [1.82, 2.24) is 4.72 Å². The Balaban J connectivity index is 2.16. The summed E-state index contributed by atoms with van der Waals surface area (Å²) in [5.41, 5.74) is 3.82. The Bertz CT molecular complexity index is 772. The third-order valence-corrected chi connectivity index (χ3v) is 5.32. The van der Waals surface area contributed by atoms with Crippen LogP contribution < -0.4 is 4.72 Å². The van der Waals surface area contributed by atoms with Crippen molar-refractivity contribution in [3.05, 3.63) is 69.7 Å². The maximum Gasteiger partial charge on any atom is 0.216 e. The molecule has 22 heavy (non-hydrogen) atoms. The molecule has 0 unspecified atom stereocenters. The van der Waals surface area contributed by atoms with Crippen LogP contribution >= 0.6 is 11.6 Å². The van der Waals surface area contributed by atoms with Gasteiger partial charge in [0.15, 0.2) is 0 Å². The fraction of sp³-hybridized carbons (Fsp3) is 0.294. The highest BCUT2D eigenvalue weighted by atomic mass is 35.5. The molecule has 118 valence electrons. The lowest BCUT2D eigenvalue weighted by Crippen LogP contribution is -2.28. The van der Waals surface area contributed by atoms with E-state index in [9.17, 15) is 8.42 Å². The summed E-state index contributed by atoms with van der Waals surface area (Å²) in [5, 5.41) is 0.465. The molecule has 5 heteroatoms. The molecule has 0 spiro atoms. The predicted octanol–water partition coefficient (Wildman–Crippen LogP) is 4.14. The van der Waals surface area contributed by atoms with Gasteiger partial charge < -0.3 is 0 Å². The molecule has 2 rings (SSSR count). The van der Waals surface area contributed by atoms with Gasteiger partial charge in [-0.05, 0) is 43.5 Å². The zero-order valence-corrected chi connectivity index (χ0v) is 14.5. The first-order valence-electron chi connectivity index (χ1n) is 7.09. The minimum absolute atomic E-state index is 0.123. The lowest BCUT2D eigenvalue weighted by atomic mass is 10.0. The van der Waals surface area contributed by atoms with Gasteiger partial charge >= 0.3 is 0 Å². The van der Waals surface area contributed by atoms with Gasteiger partial charge in [-0.25, -0.2) is 13.1 Å². The van der Waals surface area contributed by atoms with Gasteiger partial charge in [0, 0.05) is 11.1 Å². The number of nitrogens with one attached hydrogen (secondary N) is 1. The summed E-state index contributed by atoms with van der Waals surface area (Å²) < 4.78 is 27.4. The third-order valence-electron chi connectivity index (χ3n) is 3.55. The van der Waals surface area contributed by atoms with E-state index >= 15 is 0 Å². The Morgan fingerprint density at radius 1 is 1.14 bits per heavy atom. The van der Waals surface area contributed by atoms with E-state index in [1.54, 1.807) is 24.3 Å². The summed E-state index contributed by atoms with van der Waals surface area (Å²) in [6, 6.07) is 12.7. The zero-order valence-electron chi connectivity index (χ0n) is 12.9. The molecule has 0 saturated carbocycles. The molecule has 3 nitrogen and oxygen atoms in total. The zero-order chi connectivity index (χ0) is 16.3. The molecule has 0 fully saturated rings. The smallest absolute Gasteiger partial charge is 0.212 e. The van der Waals surface area contributed by atoms with Crippen molar-refractivity contribution in [2.75, 3.05) is 0 Å². The summed E-state index contributed by atoms with van der Waals surface area (Å²) in [5.74, 6) is -0.123. The maximum absolute atomic E-state index is 12.3. The highest BCUT2D eigenvalue weighted by molar-refractivity contribution is 7.88. The quantitative estimate of drug-likeness (QED) is 0.891. The summed E-state index contributed by atoms with van der Waals surface area (Å²) in [6.45, 7) is 5.85. The lowest BCUT2D eigenvalue weighted by Gasteiger charge is -2.17. The first-order chi connectivity index (χ1) is 10.3. The van der Waals surface area contributed by atoms with Crippen molar-refractivity contribution in [3.63, 3.8) is 0 Å². The number of benzene rings is 2. The predicted molar refractivity (Wildman–Crippen MR) is 91.5 cm³/mol. The summed E-state index contributed by atoms with van der Waals surface area (Å²) >= 11 is 6.03. The van der Waals surface area contributed by atoms with Gasteiger partial charge in [0.25, 0.3) is 0 Å². The van der Waals surface area contributed by atoms with E-state index in [1.165, 1.54) is 0 Å². The maximum atomic E-state index is 12.3. The molecule has 1 N–H and O–H groups in total. The molecular weight excluding hydrogens is 318 g/mol. The molecule has 0 aliphatic heterocycles. The Kier molecular flexibility index (Phi) is 5.27. The van der Waals surface area contributed by atoms with E-state index in [0.29, 0.717) is 10.6 Å². The average molecular weight is 338 g/mol. The topological polar surface area (TPSA) is 46.2 Å². The van der Waals surface area contributed by atoms with Gasteiger partial charge in [-0.1, -0.05) is 53.6 Å². The number of sulfonamides is 1. The molecule has 2 aromatic rings. The van der Waals surface area contributed by atoms with E-state index in [-0.39, 0.29) is 11.8 Å². The van der Waals surface area contributed by atoms with E-state index < -0.39 is 10.0 Å². The standard InChI is InChI=1S/C17H20ClNO2S/c1-12-8-9-16(13(2)10-12)14(3)19-22(20,21)11-15-6-4-5-7-17(15)18/h4-10,14,19H,11H2,1-3H3/t14-/m0/s1. The van der Waals surface area contributed by atoms with Crippen LogP contribution in [0.4, 0.5) is 0 Å². The molecule has 0 radical (unpaired) electrons. The second-order valence-electron chi connectivity index (χ2n) is 5.55. The van der Waals surface area contributed by atoms with Crippen LogP contribution in [0.25, 0.3) is 0 Å². The van der Waals surface area contributed by atoms with Crippen molar-refractivity contribution >= 4 is 21.6 Å². The normalized spacial score (nSPS) is 13.1. The highest BCUT2D eigenvalue weighted by Gasteiger charge is 2.18. The number of halogens is 1. The van der Waals surface area contributed by atoms with Crippen LogP contribution in [-0.4, -0.2) is 8.42 Å². The fourth-order valence-corrected chi connectivity index (χ4v) is 4.20. The molecule has 0 aliphatic carbocycles. The van der Waals surface area contributed by atoms with Gasteiger partial charge in [-0.15, -0.1) is 0 Å². The van der Waals surface area contributed by atoms with Gasteiger partial charge in [-0.3, -0.25) is 0 Å². The molecule has 0 saturated heterocycles. The average Bonchev–Trinajstić information content (AvgIpc) is 2.40. The highest BCUT2D eigenvalue weighted by Crippen LogP contribution is 2.22.